The minimum atomic E-state index is -3.72. The predicted molar refractivity (Wildman–Crippen MR) is 71.1 cm³/mol. The van der Waals surface area contributed by atoms with Crippen LogP contribution in [0.5, 0.6) is 0 Å². The molecule has 2 N–H and O–H groups in total. The molecule has 0 amide bonds. The molecular formula is C15H20F2O6. The van der Waals surface area contributed by atoms with Crippen molar-refractivity contribution in [3.05, 3.63) is 0 Å². The Kier molecular flexibility index (Phi) is 3.87. The highest BCUT2D eigenvalue weighted by molar-refractivity contribution is 5.77. The normalized spacial score (nSPS) is 38.4. The highest BCUT2D eigenvalue weighted by Crippen LogP contribution is 2.66. The number of hydrogen-bond donors (Lipinski definition) is 2. The molecule has 0 heterocycles. The van der Waals surface area contributed by atoms with E-state index in [1.807, 2.05) is 0 Å². The molecule has 4 fully saturated rings. The van der Waals surface area contributed by atoms with Gasteiger partial charge in [0.2, 0.25) is 0 Å². The third-order valence-electron chi connectivity index (χ3n) is 5.37. The Morgan fingerprint density at radius 1 is 1.13 bits per heavy atom. The number of alkyl halides is 2. The number of halogens is 2. The molecule has 2 atom stereocenters. The summed E-state index contributed by atoms with van der Waals surface area (Å²) < 4.78 is 37.9. The third kappa shape index (κ3) is 2.94. The summed E-state index contributed by atoms with van der Waals surface area (Å²) in [6.45, 7) is -1.91. The van der Waals surface area contributed by atoms with Gasteiger partial charge >= 0.3 is 18.0 Å². The summed E-state index contributed by atoms with van der Waals surface area (Å²) in [6.07, 6.45) is -1.45. The van der Waals surface area contributed by atoms with Crippen LogP contribution in [0, 0.1) is 17.3 Å². The topological polar surface area (TPSA) is 93.1 Å². The van der Waals surface area contributed by atoms with Gasteiger partial charge in [-0.15, -0.1) is 0 Å². The number of carbonyl (C=O) groups excluding carboxylic acids is 2. The average molecular weight is 334 g/mol. The summed E-state index contributed by atoms with van der Waals surface area (Å²) in [4.78, 5) is 22.3. The van der Waals surface area contributed by atoms with Gasteiger partial charge in [-0.1, -0.05) is 0 Å². The van der Waals surface area contributed by atoms with Gasteiger partial charge in [-0.25, -0.2) is 9.59 Å². The summed E-state index contributed by atoms with van der Waals surface area (Å²) in [6, 6.07) is 0. The number of hydrogen-bond acceptors (Lipinski definition) is 6. The van der Waals surface area contributed by atoms with Crippen LogP contribution in [0.4, 0.5) is 8.78 Å². The molecule has 4 saturated carbocycles. The highest BCUT2D eigenvalue weighted by Gasteiger charge is 2.68. The van der Waals surface area contributed by atoms with Crippen LogP contribution in [0.3, 0.4) is 0 Å². The number of ether oxygens (including phenoxy) is 2. The maximum Gasteiger partial charge on any atom is 0.405 e. The van der Waals surface area contributed by atoms with Crippen LogP contribution in [0.2, 0.25) is 0 Å². The van der Waals surface area contributed by atoms with E-state index in [2.05, 4.69) is 9.47 Å². The SMILES string of the molecule is O=C(CO)OCC(=O)OC(F)(F)C12CC3CC(CC(O)(C3)C1)C2. The van der Waals surface area contributed by atoms with Crippen molar-refractivity contribution in [1.29, 1.82) is 0 Å². The molecule has 23 heavy (non-hydrogen) atoms. The maximum atomic E-state index is 14.6. The molecule has 6 nitrogen and oxygen atoms in total. The Morgan fingerprint density at radius 3 is 2.26 bits per heavy atom. The fourth-order valence-corrected chi connectivity index (χ4v) is 5.02. The Hall–Kier alpha value is -1.28. The Bertz CT molecular complexity index is 506. The lowest BCUT2D eigenvalue weighted by Gasteiger charge is -2.60. The monoisotopic (exact) mass is 334 g/mol. The van der Waals surface area contributed by atoms with E-state index in [1.165, 1.54) is 0 Å². The van der Waals surface area contributed by atoms with Crippen LogP contribution in [-0.4, -0.2) is 47.1 Å². The van der Waals surface area contributed by atoms with Gasteiger partial charge < -0.3 is 19.7 Å². The van der Waals surface area contributed by atoms with E-state index in [1.54, 1.807) is 0 Å². The lowest BCUT2D eigenvalue weighted by molar-refractivity contribution is -0.338. The lowest BCUT2D eigenvalue weighted by Crippen LogP contribution is -2.62. The minimum Gasteiger partial charge on any atom is -0.452 e. The number of aliphatic hydroxyl groups excluding tert-OH is 1. The van der Waals surface area contributed by atoms with Crippen molar-refractivity contribution in [3.8, 4) is 0 Å². The summed E-state index contributed by atoms with van der Waals surface area (Å²) in [5.74, 6) is -2.40. The van der Waals surface area contributed by atoms with Crippen LogP contribution in [-0.2, 0) is 19.1 Å². The Morgan fingerprint density at radius 2 is 1.74 bits per heavy atom. The second-order valence-corrected chi connectivity index (χ2v) is 7.28. The minimum absolute atomic E-state index is 0.0260. The molecule has 4 aliphatic rings. The summed E-state index contributed by atoms with van der Waals surface area (Å²) in [5, 5.41) is 19.0. The fraction of sp³-hybridized carbons (Fsp3) is 0.867. The molecule has 2 unspecified atom stereocenters. The molecule has 0 aromatic rings. The molecule has 0 aromatic heterocycles. The molecule has 4 rings (SSSR count). The zero-order valence-electron chi connectivity index (χ0n) is 12.6. The van der Waals surface area contributed by atoms with Crippen LogP contribution in [0.25, 0.3) is 0 Å². The Labute approximate surface area is 131 Å². The second kappa shape index (κ2) is 5.37. The first-order valence-corrected chi connectivity index (χ1v) is 7.76. The molecule has 0 saturated heterocycles. The van der Waals surface area contributed by atoms with Gasteiger partial charge in [0.15, 0.2) is 6.61 Å². The quantitative estimate of drug-likeness (QED) is 0.729. The van der Waals surface area contributed by atoms with Crippen LogP contribution in [0.15, 0.2) is 0 Å². The van der Waals surface area contributed by atoms with Crippen LogP contribution < -0.4 is 0 Å². The van der Waals surface area contributed by atoms with Crippen LogP contribution >= 0.6 is 0 Å². The molecule has 4 aliphatic carbocycles. The van der Waals surface area contributed by atoms with Crippen molar-refractivity contribution >= 4 is 11.9 Å². The fourth-order valence-electron chi connectivity index (χ4n) is 5.02. The number of esters is 2. The molecule has 130 valence electrons. The van der Waals surface area contributed by atoms with Gasteiger partial charge in [0.05, 0.1) is 11.0 Å². The van der Waals surface area contributed by atoms with E-state index in [9.17, 15) is 23.5 Å². The Balaban J connectivity index is 1.69. The van der Waals surface area contributed by atoms with Gasteiger partial charge in [-0.05, 0) is 50.4 Å². The van der Waals surface area contributed by atoms with Gasteiger partial charge in [0.25, 0.3) is 0 Å². The van der Waals surface area contributed by atoms with E-state index in [4.69, 9.17) is 5.11 Å². The smallest absolute Gasteiger partial charge is 0.405 e. The van der Waals surface area contributed by atoms with Gasteiger partial charge in [0, 0.05) is 0 Å². The van der Waals surface area contributed by atoms with Crippen molar-refractivity contribution in [2.45, 2.75) is 50.2 Å². The van der Waals surface area contributed by atoms with E-state index in [0.29, 0.717) is 12.8 Å². The molecule has 8 heteroatoms. The van der Waals surface area contributed by atoms with Gasteiger partial charge in [0.1, 0.15) is 6.61 Å². The van der Waals surface area contributed by atoms with E-state index < -0.39 is 42.3 Å². The molecule has 0 aliphatic heterocycles. The zero-order valence-corrected chi connectivity index (χ0v) is 12.6. The van der Waals surface area contributed by atoms with E-state index in [0.717, 1.165) is 6.42 Å². The molecule has 0 radical (unpaired) electrons. The third-order valence-corrected chi connectivity index (χ3v) is 5.37. The molecule has 4 bridgehead atoms. The van der Waals surface area contributed by atoms with Crippen molar-refractivity contribution in [1.82, 2.24) is 0 Å². The lowest BCUT2D eigenvalue weighted by atomic mass is 9.47. The van der Waals surface area contributed by atoms with E-state index >= 15 is 0 Å². The summed E-state index contributed by atoms with van der Waals surface area (Å²) in [7, 11) is 0. The molecular weight excluding hydrogens is 314 g/mol. The van der Waals surface area contributed by atoms with Crippen molar-refractivity contribution in [2.75, 3.05) is 13.2 Å². The second-order valence-electron chi connectivity index (χ2n) is 7.28. The highest BCUT2D eigenvalue weighted by atomic mass is 19.3. The standard InChI is InChI=1S/C15H20F2O6/c16-15(17,23-12(20)7-22-11(19)6-18)13-2-9-1-10(3-13)5-14(21,4-9)8-13/h9-10,18,21H,1-8H2. The number of rotatable bonds is 5. The van der Waals surface area contributed by atoms with Crippen LogP contribution in [0.1, 0.15) is 38.5 Å². The number of carbonyl (C=O) groups is 2. The van der Waals surface area contributed by atoms with Gasteiger partial charge in [-0.2, -0.15) is 8.78 Å². The number of aliphatic hydroxyl groups is 2. The molecule has 0 spiro atoms. The largest absolute Gasteiger partial charge is 0.452 e. The molecule has 0 aromatic carbocycles. The summed E-state index contributed by atoms with van der Waals surface area (Å²) >= 11 is 0. The van der Waals surface area contributed by atoms with E-state index in [-0.39, 0.29) is 31.1 Å². The van der Waals surface area contributed by atoms with Crippen molar-refractivity contribution in [3.63, 3.8) is 0 Å². The maximum absolute atomic E-state index is 14.6. The first kappa shape index (κ1) is 16.6. The van der Waals surface area contributed by atoms with Crippen molar-refractivity contribution in [2.24, 2.45) is 17.3 Å². The summed E-state index contributed by atoms with van der Waals surface area (Å²) in [5.41, 5.74) is -2.63. The average Bonchev–Trinajstić information content (AvgIpc) is 2.41. The first-order chi connectivity index (χ1) is 10.7. The van der Waals surface area contributed by atoms with Gasteiger partial charge in [-0.3, -0.25) is 0 Å². The first-order valence-electron chi connectivity index (χ1n) is 7.76. The zero-order chi connectivity index (χ0) is 16.9. The van der Waals surface area contributed by atoms with Crippen molar-refractivity contribution < 1.29 is 38.1 Å². The predicted octanol–water partition coefficient (Wildman–Crippen LogP) is 0.989.